The summed E-state index contributed by atoms with van der Waals surface area (Å²) >= 11 is 0. The third kappa shape index (κ3) is 3.55. The number of nitrogens with zero attached hydrogens (tertiary/aromatic N) is 5. The molecule has 0 radical (unpaired) electrons. The molecule has 1 atom stereocenters. The number of aromatic nitrogens is 4. The van der Waals surface area contributed by atoms with Crippen LogP contribution in [0.15, 0.2) is 24.8 Å². The first-order chi connectivity index (χ1) is 12.6. The summed E-state index contributed by atoms with van der Waals surface area (Å²) in [6.07, 6.45) is 9.75. The molecule has 1 aliphatic carbocycles. The molecule has 1 saturated carbocycles. The molecule has 26 heavy (non-hydrogen) atoms. The summed E-state index contributed by atoms with van der Waals surface area (Å²) in [4.78, 5) is 27.4. The molecule has 2 fully saturated rings. The minimum absolute atomic E-state index is 0.00275. The predicted molar refractivity (Wildman–Crippen MR) is 96.0 cm³/mol. The summed E-state index contributed by atoms with van der Waals surface area (Å²) < 4.78 is 1.90. The van der Waals surface area contributed by atoms with Gasteiger partial charge in [-0.25, -0.2) is 9.97 Å². The highest BCUT2D eigenvalue weighted by Gasteiger charge is 2.33. The standard InChI is InChI=1S/C18H24N6O2/c1-12-20-6-9-24(12)16-11-19-10-15(22-16)23-7-4-13(5-8-23)17(25)18(26)21-14-2-3-14/h6,9-11,13-14,17,25H,2-5,7-8H2,1H3,(H,21,26). The number of aryl methyl sites for hydroxylation is 1. The molecule has 8 heteroatoms. The van der Waals surface area contributed by atoms with Gasteiger partial charge in [0, 0.05) is 31.5 Å². The van der Waals surface area contributed by atoms with E-state index in [1.165, 1.54) is 0 Å². The van der Waals surface area contributed by atoms with E-state index in [1.54, 1.807) is 18.6 Å². The third-order valence-corrected chi connectivity index (χ3v) is 5.18. The van der Waals surface area contributed by atoms with Gasteiger partial charge in [0.1, 0.15) is 17.7 Å². The minimum atomic E-state index is -0.913. The van der Waals surface area contributed by atoms with Gasteiger partial charge in [-0.15, -0.1) is 0 Å². The van der Waals surface area contributed by atoms with E-state index in [0.29, 0.717) is 0 Å². The number of hydrogen-bond acceptors (Lipinski definition) is 6. The van der Waals surface area contributed by atoms with Crippen LogP contribution in [-0.4, -0.2) is 55.8 Å². The number of carbonyl (C=O) groups is 1. The van der Waals surface area contributed by atoms with Gasteiger partial charge in [0.05, 0.1) is 12.4 Å². The summed E-state index contributed by atoms with van der Waals surface area (Å²) in [6, 6.07) is 0.280. The fourth-order valence-corrected chi connectivity index (χ4v) is 3.41. The van der Waals surface area contributed by atoms with Crippen molar-refractivity contribution in [3.63, 3.8) is 0 Å². The zero-order chi connectivity index (χ0) is 18.1. The lowest BCUT2D eigenvalue weighted by Crippen LogP contribution is -2.45. The number of hydrogen-bond donors (Lipinski definition) is 2. The van der Waals surface area contributed by atoms with Gasteiger partial charge in [-0.2, -0.15) is 0 Å². The first-order valence-electron chi connectivity index (χ1n) is 9.17. The molecular formula is C18H24N6O2. The van der Waals surface area contributed by atoms with Crippen LogP contribution in [-0.2, 0) is 4.79 Å². The summed E-state index contributed by atoms with van der Waals surface area (Å²) in [7, 11) is 0. The molecule has 3 heterocycles. The van der Waals surface area contributed by atoms with Gasteiger partial charge in [0.15, 0.2) is 5.82 Å². The fourth-order valence-electron chi connectivity index (χ4n) is 3.41. The highest BCUT2D eigenvalue weighted by atomic mass is 16.3. The summed E-state index contributed by atoms with van der Waals surface area (Å²) in [5.41, 5.74) is 0. The molecular weight excluding hydrogens is 332 g/mol. The van der Waals surface area contributed by atoms with Crippen molar-refractivity contribution >= 4 is 11.7 Å². The molecule has 2 aliphatic rings. The van der Waals surface area contributed by atoms with E-state index in [0.717, 1.165) is 56.2 Å². The summed E-state index contributed by atoms with van der Waals surface area (Å²) in [5.74, 6) is 2.19. The van der Waals surface area contributed by atoms with Crippen LogP contribution in [0.4, 0.5) is 5.82 Å². The van der Waals surface area contributed by atoms with Gasteiger partial charge in [0.2, 0.25) is 5.91 Å². The molecule has 0 spiro atoms. The minimum Gasteiger partial charge on any atom is -0.383 e. The van der Waals surface area contributed by atoms with E-state index in [-0.39, 0.29) is 17.9 Å². The Morgan fingerprint density at radius 1 is 1.23 bits per heavy atom. The van der Waals surface area contributed by atoms with E-state index in [9.17, 15) is 9.90 Å². The topological polar surface area (TPSA) is 96.2 Å². The molecule has 4 rings (SSSR count). The third-order valence-electron chi connectivity index (χ3n) is 5.18. The largest absolute Gasteiger partial charge is 0.383 e. The molecule has 1 unspecified atom stereocenters. The molecule has 2 aromatic heterocycles. The van der Waals surface area contributed by atoms with Gasteiger partial charge in [-0.05, 0) is 38.5 Å². The van der Waals surface area contributed by atoms with Gasteiger partial charge in [-0.1, -0.05) is 0 Å². The Morgan fingerprint density at radius 3 is 2.62 bits per heavy atom. The number of piperidine rings is 1. The van der Waals surface area contributed by atoms with Crippen LogP contribution in [0.25, 0.3) is 5.82 Å². The van der Waals surface area contributed by atoms with Gasteiger partial charge >= 0.3 is 0 Å². The molecule has 8 nitrogen and oxygen atoms in total. The van der Waals surface area contributed by atoms with Crippen molar-refractivity contribution in [1.82, 2.24) is 24.8 Å². The maximum atomic E-state index is 12.0. The van der Waals surface area contributed by atoms with E-state index in [4.69, 9.17) is 4.98 Å². The monoisotopic (exact) mass is 356 g/mol. The van der Waals surface area contributed by atoms with Crippen molar-refractivity contribution in [3.05, 3.63) is 30.6 Å². The maximum Gasteiger partial charge on any atom is 0.249 e. The number of anilines is 1. The van der Waals surface area contributed by atoms with Crippen molar-refractivity contribution < 1.29 is 9.90 Å². The van der Waals surface area contributed by atoms with Crippen molar-refractivity contribution in [1.29, 1.82) is 0 Å². The van der Waals surface area contributed by atoms with E-state index < -0.39 is 6.10 Å². The fraction of sp³-hybridized carbons (Fsp3) is 0.556. The Labute approximate surface area is 152 Å². The second-order valence-electron chi connectivity index (χ2n) is 7.13. The van der Waals surface area contributed by atoms with E-state index in [2.05, 4.69) is 20.2 Å². The first-order valence-corrected chi connectivity index (χ1v) is 9.17. The summed E-state index contributed by atoms with van der Waals surface area (Å²) in [5, 5.41) is 13.2. The van der Waals surface area contributed by atoms with Crippen LogP contribution in [0.3, 0.4) is 0 Å². The smallest absolute Gasteiger partial charge is 0.249 e. The molecule has 138 valence electrons. The second-order valence-corrected chi connectivity index (χ2v) is 7.13. The Hall–Kier alpha value is -2.48. The van der Waals surface area contributed by atoms with E-state index in [1.807, 2.05) is 17.7 Å². The first kappa shape index (κ1) is 17.0. The molecule has 0 aromatic carbocycles. The van der Waals surface area contributed by atoms with Gasteiger partial charge in [0.25, 0.3) is 0 Å². The lowest BCUT2D eigenvalue weighted by molar-refractivity contribution is -0.132. The van der Waals surface area contributed by atoms with Crippen LogP contribution in [0, 0.1) is 12.8 Å². The summed E-state index contributed by atoms with van der Waals surface area (Å²) in [6.45, 7) is 3.42. The molecule has 2 aromatic rings. The Morgan fingerprint density at radius 2 is 1.96 bits per heavy atom. The number of nitrogens with one attached hydrogen (secondary N) is 1. The van der Waals surface area contributed by atoms with Crippen molar-refractivity contribution in [2.75, 3.05) is 18.0 Å². The number of imidazole rings is 1. The number of aliphatic hydroxyl groups excluding tert-OH is 1. The molecule has 1 saturated heterocycles. The average Bonchev–Trinajstić information content (AvgIpc) is 3.38. The predicted octanol–water partition coefficient (Wildman–Crippen LogP) is 0.827. The van der Waals surface area contributed by atoms with Crippen molar-refractivity contribution in [2.24, 2.45) is 5.92 Å². The van der Waals surface area contributed by atoms with Crippen LogP contribution in [0.5, 0.6) is 0 Å². The maximum absolute atomic E-state index is 12.0. The van der Waals surface area contributed by atoms with Gasteiger partial charge < -0.3 is 15.3 Å². The van der Waals surface area contributed by atoms with Gasteiger partial charge in [-0.3, -0.25) is 14.3 Å². The Balaban J connectivity index is 1.38. The molecule has 1 amide bonds. The zero-order valence-corrected chi connectivity index (χ0v) is 14.9. The highest BCUT2D eigenvalue weighted by Crippen LogP contribution is 2.26. The zero-order valence-electron chi connectivity index (χ0n) is 14.9. The SMILES string of the molecule is Cc1nccn1-c1cncc(N2CCC(C(O)C(=O)NC3CC3)CC2)n1. The number of carbonyl (C=O) groups excluding carboxylic acids is 1. The van der Waals surface area contributed by atoms with Crippen molar-refractivity contribution in [2.45, 2.75) is 44.8 Å². The second kappa shape index (κ2) is 7.03. The Bertz CT molecular complexity index is 779. The molecule has 1 aliphatic heterocycles. The number of aliphatic hydroxyl groups is 1. The van der Waals surface area contributed by atoms with Crippen LogP contribution in [0.2, 0.25) is 0 Å². The van der Waals surface area contributed by atoms with Crippen LogP contribution in [0.1, 0.15) is 31.5 Å². The average molecular weight is 356 g/mol. The molecule has 2 N–H and O–H groups in total. The lowest BCUT2D eigenvalue weighted by Gasteiger charge is -2.34. The van der Waals surface area contributed by atoms with E-state index >= 15 is 0 Å². The molecule has 0 bridgehead atoms. The normalized spacial score (nSPS) is 19.4. The highest BCUT2D eigenvalue weighted by molar-refractivity contribution is 5.81. The quantitative estimate of drug-likeness (QED) is 0.824. The van der Waals surface area contributed by atoms with Crippen molar-refractivity contribution in [3.8, 4) is 5.82 Å². The number of rotatable bonds is 5. The Kier molecular flexibility index (Phi) is 4.58. The number of amides is 1. The van der Waals surface area contributed by atoms with Crippen LogP contribution >= 0.6 is 0 Å². The van der Waals surface area contributed by atoms with Crippen LogP contribution < -0.4 is 10.2 Å². The lowest BCUT2D eigenvalue weighted by atomic mass is 9.90.